The van der Waals surface area contributed by atoms with Crippen LogP contribution in [0.4, 0.5) is 8.78 Å². The van der Waals surface area contributed by atoms with Crippen molar-refractivity contribution in [3.8, 4) is 11.5 Å². The largest absolute Gasteiger partial charge is 0.497 e. The Bertz CT molecular complexity index is 632. The Hall–Kier alpha value is -2.14. The number of ether oxygens (including phenoxy) is 2. The molecule has 0 fully saturated rings. The standard InChI is InChI=1S/C16H17F2NO2/c1-19-16(12-6-4-10(17)8-14(12)18)13-9-11(20-2)5-7-15(13)21-3/h4-9,16,19H,1-3H3. The highest BCUT2D eigenvalue weighted by molar-refractivity contribution is 5.46. The monoisotopic (exact) mass is 293 g/mol. The van der Waals surface area contributed by atoms with Crippen molar-refractivity contribution >= 4 is 0 Å². The van der Waals surface area contributed by atoms with Crippen LogP contribution < -0.4 is 14.8 Å². The number of hydrogen-bond donors (Lipinski definition) is 1. The first-order valence-corrected chi connectivity index (χ1v) is 6.44. The molecule has 0 aliphatic heterocycles. The Morgan fingerprint density at radius 1 is 0.952 bits per heavy atom. The van der Waals surface area contributed by atoms with Gasteiger partial charge in [-0.1, -0.05) is 6.07 Å². The molecule has 21 heavy (non-hydrogen) atoms. The van der Waals surface area contributed by atoms with E-state index in [2.05, 4.69) is 5.32 Å². The highest BCUT2D eigenvalue weighted by Gasteiger charge is 2.21. The molecule has 2 aromatic rings. The molecule has 0 heterocycles. The van der Waals surface area contributed by atoms with Crippen LogP contribution in [0.2, 0.25) is 0 Å². The smallest absolute Gasteiger partial charge is 0.131 e. The SMILES string of the molecule is CNC(c1ccc(F)cc1F)c1cc(OC)ccc1OC. The molecular weight excluding hydrogens is 276 g/mol. The van der Waals surface area contributed by atoms with Gasteiger partial charge in [0.25, 0.3) is 0 Å². The molecule has 0 bridgehead atoms. The Morgan fingerprint density at radius 2 is 1.71 bits per heavy atom. The number of methoxy groups -OCH3 is 2. The molecule has 2 aromatic carbocycles. The Labute approximate surface area is 122 Å². The zero-order valence-electron chi connectivity index (χ0n) is 12.1. The number of rotatable bonds is 5. The molecule has 112 valence electrons. The summed E-state index contributed by atoms with van der Waals surface area (Å²) in [6.45, 7) is 0. The summed E-state index contributed by atoms with van der Waals surface area (Å²) >= 11 is 0. The number of hydrogen-bond acceptors (Lipinski definition) is 3. The predicted octanol–water partition coefficient (Wildman–Crippen LogP) is 3.29. The summed E-state index contributed by atoms with van der Waals surface area (Å²) in [5.74, 6) is 0.00961. The molecule has 3 nitrogen and oxygen atoms in total. The molecule has 1 unspecified atom stereocenters. The second kappa shape index (κ2) is 6.54. The quantitative estimate of drug-likeness (QED) is 0.917. The van der Waals surface area contributed by atoms with Crippen LogP contribution in [-0.4, -0.2) is 21.3 Å². The summed E-state index contributed by atoms with van der Waals surface area (Å²) in [5, 5.41) is 3.02. The molecule has 0 radical (unpaired) electrons. The van der Waals surface area contributed by atoms with E-state index in [0.29, 0.717) is 22.6 Å². The van der Waals surface area contributed by atoms with E-state index in [1.54, 1.807) is 39.5 Å². The van der Waals surface area contributed by atoms with E-state index in [0.717, 1.165) is 6.07 Å². The highest BCUT2D eigenvalue weighted by atomic mass is 19.1. The first-order chi connectivity index (χ1) is 10.1. The minimum absolute atomic E-state index is 0.338. The third-order valence-corrected chi connectivity index (χ3v) is 3.31. The van der Waals surface area contributed by atoms with E-state index in [4.69, 9.17) is 9.47 Å². The van der Waals surface area contributed by atoms with E-state index < -0.39 is 17.7 Å². The van der Waals surface area contributed by atoms with Gasteiger partial charge in [0.15, 0.2) is 0 Å². The van der Waals surface area contributed by atoms with Gasteiger partial charge in [-0.05, 0) is 31.3 Å². The average Bonchev–Trinajstić information content (AvgIpc) is 2.49. The van der Waals surface area contributed by atoms with Crippen LogP contribution in [0.3, 0.4) is 0 Å². The van der Waals surface area contributed by atoms with Crippen molar-refractivity contribution < 1.29 is 18.3 Å². The van der Waals surface area contributed by atoms with Crippen molar-refractivity contribution in [3.63, 3.8) is 0 Å². The number of nitrogens with one attached hydrogen (secondary N) is 1. The summed E-state index contributed by atoms with van der Waals surface area (Å²) in [6.07, 6.45) is 0. The minimum Gasteiger partial charge on any atom is -0.497 e. The first-order valence-electron chi connectivity index (χ1n) is 6.44. The molecule has 1 N–H and O–H groups in total. The van der Waals surface area contributed by atoms with Gasteiger partial charge in [0.2, 0.25) is 0 Å². The topological polar surface area (TPSA) is 30.5 Å². The first kappa shape index (κ1) is 15.3. The highest BCUT2D eigenvalue weighted by Crippen LogP contribution is 2.34. The predicted molar refractivity (Wildman–Crippen MR) is 76.8 cm³/mol. The third-order valence-electron chi connectivity index (χ3n) is 3.31. The molecule has 5 heteroatoms. The molecule has 2 rings (SSSR count). The van der Waals surface area contributed by atoms with Gasteiger partial charge in [-0.3, -0.25) is 0 Å². The molecule has 0 aromatic heterocycles. The number of benzene rings is 2. The summed E-state index contributed by atoms with van der Waals surface area (Å²) in [5.41, 5.74) is 1.05. The molecule has 0 saturated heterocycles. The lowest BCUT2D eigenvalue weighted by Gasteiger charge is -2.21. The van der Waals surface area contributed by atoms with Crippen molar-refractivity contribution in [2.24, 2.45) is 0 Å². The van der Waals surface area contributed by atoms with Gasteiger partial charge >= 0.3 is 0 Å². The third kappa shape index (κ3) is 3.13. The van der Waals surface area contributed by atoms with Crippen LogP contribution in [0.15, 0.2) is 36.4 Å². The van der Waals surface area contributed by atoms with E-state index in [-0.39, 0.29) is 0 Å². The maximum Gasteiger partial charge on any atom is 0.131 e. The molecule has 0 saturated carbocycles. The molecule has 0 amide bonds. The van der Waals surface area contributed by atoms with Gasteiger partial charge < -0.3 is 14.8 Å². The van der Waals surface area contributed by atoms with Crippen LogP contribution in [0.1, 0.15) is 17.2 Å². The van der Waals surface area contributed by atoms with Crippen LogP contribution in [-0.2, 0) is 0 Å². The molecule has 0 aliphatic rings. The normalized spacial score (nSPS) is 12.0. The van der Waals surface area contributed by atoms with Crippen molar-refractivity contribution in [2.75, 3.05) is 21.3 Å². The fourth-order valence-corrected chi connectivity index (χ4v) is 2.28. The van der Waals surface area contributed by atoms with E-state index >= 15 is 0 Å². The van der Waals surface area contributed by atoms with Crippen LogP contribution in [0.5, 0.6) is 11.5 Å². The summed E-state index contributed by atoms with van der Waals surface area (Å²) in [4.78, 5) is 0. The molecule has 1 atom stereocenters. The van der Waals surface area contributed by atoms with Crippen molar-refractivity contribution in [2.45, 2.75) is 6.04 Å². The lowest BCUT2D eigenvalue weighted by Crippen LogP contribution is -2.20. The lowest BCUT2D eigenvalue weighted by molar-refractivity contribution is 0.394. The lowest BCUT2D eigenvalue weighted by atomic mass is 9.97. The maximum absolute atomic E-state index is 14.0. The molecule has 0 spiro atoms. The van der Waals surface area contributed by atoms with E-state index in [9.17, 15) is 8.78 Å². The Balaban J connectivity index is 2.54. The fourth-order valence-electron chi connectivity index (χ4n) is 2.28. The van der Waals surface area contributed by atoms with Crippen LogP contribution in [0, 0.1) is 11.6 Å². The van der Waals surface area contributed by atoms with Gasteiger partial charge in [-0.25, -0.2) is 8.78 Å². The Morgan fingerprint density at radius 3 is 2.29 bits per heavy atom. The maximum atomic E-state index is 14.0. The Kier molecular flexibility index (Phi) is 4.75. The molecule has 0 aliphatic carbocycles. The van der Waals surface area contributed by atoms with Gasteiger partial charge in [0.05, 0.1) is 20.3 Å². The summed E-state index contributed by atoms with van der Waals surface area (Å²) < 4.78 is 37.6. The van der Waals surface area contributed by atoms with Crippen molar-refractivity contribution in [3.05, 3.63) is 59.2 Å². The zero-order chi connectivity index (χ0) is 15.4. The second-order valence-corrected chi connectivity index (χ2v) is 4.50. The zero-order valence-corrected chi connectivity index (χ0v) is 12.1. The summed E-state index contributed by atoms with van der Waals surface area (Å²) in [6, 6.07) is 8.32. The average molecular weight is 293 g/mol. The minimum atomic E-state index is -0.612. The van der Waals surface area contributed by atoms with Crippen molar-refractivity contribution in [1.82, 2.24) is 5.32 Å². The van der Waals surface area contributed by atoms with Crippen LogP contribution >= 0.6 is 0 Å². The fraction of sp³-hybridized carbons (Fsp3) is 0.250. The van der Waals surface area contributed by atoms with Gasteiger partial charge in [-0.2, -0.15) is 0 Å². The van der Waals surface area contributed by atoms with Crippen molar-refractivity contribution in [1.29, 1.82) is 0 Å². The van der Waals surface area contributed by atoms with Crippen LogP contribution in [0.25, 0.3) is 0 Å². The molecular formula is C16H17F2NO2. The second-order valence-electron chi connectivity index (χ2n) is 4.50. The summed E-state index contributed by atoms with van der Waals surface area (Å²) in [7, 11) is 4.80. The van der Waals surface area contributed by atoms with Gasteiger partial charge in [0, 0.05) is 17.2 Å². The van der Waals surface area contributed by atoms with E-state index in [1.807, 2.05) is 0 Å². The van der Waals surface area contributed by atoms with Gasteiger partial charge in [0.1, 0.15) is 23.1 Å². The van der Waals surface area contributed by atoms with E-state index in [1.165, 1.54) is 12.1 Å². The number of halogens is 2. The van der Waals surface area contributed by atoms with Gasteiger partial charge in [-0.15, -0.1) is 0 Å².